The summed E-state index contributed by atoms with van der Waals surface area (Å²) in [5, 5.41) is 2.07. The number of benzene rings is 2. The van der Waals surface area contributed by atoms with Crippen molar-refractivity contribution < 1.29 is 9.53 Å². The standard InChI is InChI=1S/C13H12O2/c1-9-7-10-5-3-4-6-11(10)13(15-2)12(9)8-14/h3-8H,1-2H3. The molecule has 76 valence electrons. The minimum Gasteiger partial charge on any atom is -0.495 e. The van der Waals surface area contributed by atoms with Crippen molar-refractivity contribution in [1.82, 2.24) is 0 Å². The van der Waals surface area contributed by atoms with Crippen LogP contribution in [0.3, 0.4) is 0 Å². The molecule has 0 bridgehead atoms. The van der Waals surface area contributed by atoms with E-state index in [2.05, 4.69) is 0 Å². The van der Waals surface area contributed by atoms with Gasteiger partial charge in [0.2, 0.25) is 0 Å². The van der Waals surface area contributed by atoms with Crippen molar-refractivity contribution in [1.29, 1.82) is 0 Å². The fourth-order valence-corrected chi connectivity index (χ4v) is 1.83. The van der Waals surface area contributed by atoms with Crippen LogP contribution in [0.1, 0.15) is 15.9 Å². The van der Waals surface area contributed by atoms with Crippen LogP contribution in [0.15, 0.2) is 30.3 Å². The Morgan fingerprint density at radius 1 is 1.27 bits per heavy atom. The molecule has 0 heterocycles. The molecule has 2 nitrogen and oxygen atoms in total. The fraction of sp³-hybridized carbons (Fsp3) is 0.154. The van der Waals surface area contributed by atoms with E-state index in [4.69, 9.17) is 4.74 Å². The third-order valence-corrected chi connectivity index (χ3v) is 2.57. The number of methoxy groups -OCH3 is 1. The van der Waals surface area contributed by atoms with Crippen LogP contribution in [0.5, 0.6) is 5.75 Å². The van der Waals surface area contributed by atoms with Crippen molar-refractivity contribution in [3.8, 4) is 5.75 Å². The molecule has 0 amide bonds. The maximum Gasteiger partial charge on any atom is 0.154 e. The van der Waals surface area contributed by atoms with Gasteiger partial charge in [-0.25, -0.2) is 0 Å². The molecule has 0 saturated carbocycles. The van der Waals surface area contributed by atoms with Crippen molar-refractivity contribution in [2.75, 3.05) is 7.11 Å². The predicted molar refractivity (Wildman–Crippen MR) is 60.6 cm³/mol. The molecule has 15 heavy (non-hydrogen) atoms. The number of fused-ring (bicyclic) bond motifs is 1. The van der Waals surface area contributed by atoms with Gasteiger partial charge in [-0.05, 0) is 17.9 Å². The smallest absolute Gasteiger partial charge is 0.154 e. The lowest BCUT2D eigenvalue weighted by atomic mass is 10.0. The molecule has 0 unspecified atom stereocenters. The Labute approximate surface area is 88.5 Å². The van der Waals surface area contributed by atoms with Gasteiger partial charge in [0.15, 0.2) is 6.29 Å². The number of carbonyl (C=O) groups is 1. The summed E-state index contributed by atoms with van der Waals surface area (Å²) in [5.74, 6) is 0.667. The summed E-state index contributed by atoms with van der Waals surface area (Å²) in [7, 11) is 1.59. The molecule has 2 rings (SSSR count). The van der Waals surface area contributed by atoms with E-state index in [1.165, 1.54) is 0 Å². The number of aryl methyl sites for hydroxylation is 1. The molecular weight excluding hydrogens is 188 g/mol. The van der Waals surface area contributed by atoms with E-state index in [0.29, 0.717) is 11.3 Å². The highest BCUT2D eigenvalue weighted by Crippen LogP contribution is 2.31. The molecule has 0 aliphatic rings. The summed E-state index contributed by atoms with van der Waals surface area (Å²) in [6.07, 6.45) is 0.848. The van der Waals surface area contributed by atoms with Crippen molar-refractivity contribution >= 4 is 17.1 Å². The molecule has 0 atom stereocenters. The summed E-state index contributed by atoms with van der Waals surface area (Å²) in [6, 6.07) is 9.89. The first-order chi connectivity index (χ1) is 7.27. The Morgan fingerprint density at radius 2 is 2.00 bits per heavy atom. The highest BCUT2D eigenvalue weighted by atomic mass is 16.5. The molecule has 2 aromatic rings. The predicted octanol–water partition coefficient (Wildman–Crippen LogP) is 2.97. The third kappa shape index (κ3) is 1.48. The lowest BCUT2D eigenvalue weighted by Crippen LogP contribution is -1.95. The molecule has 2 aromatic carbocycles. The summed E-state index contributed by atoms with van der Waals surface area (Å²) in [4.78, 5) is 11.0. The Bertz CT molecular complexity index is 515. The van der Waals surface area contributed by atoms with E-state index in [1.54, 1.807) is 7.11 Å². The van der Waals surface area contributed by atoms with Crippen LogP contribution in [-0.2, 0) is 0 Å². The molecule has 0 spiro atoms. The number of hydrogen-bond acceptors (Lipinski definition) is 2. The number of carbonyl (C=O) groups excluding carboxylic acids is 1. The molecule has 0 saturated heterocycles. The average Bonchev–Trinajstić information content (AvgIpc) is 2.27. The summed E-state index contributed by atoms with van der Waals surface area (Å²) >= 11 is 0. The molecule has 2 heteroatoms. The second kappa shape index (κ2) is 3.73. The van der Waals surface area contributed by atoms with Gasteiger partial charge in [0.25, 0.3) is 0 Å². The zero-order valence-electron chi connectivity index (χ0n) is 8.78. The van der Waals surface area contributed by atoms with Crippen LogP contribution in [0, 0.1) is 6.92 Å². The minimum atomic E-state index is 0.635. The van der Waals surface area contributed by atoms with E-state index in [9.17, 15) is 4.79 Å². The van der Waals surface area contributed by atoms with Gasteiger partial charge in [0.1, 0.15) is 5.75 Å². The second-order valence-corrected chi connectivity index (χ2v) is 3.48. The van der Waals surface area contributed by atoms with Gasteiger partial charge < -0.3 is 4.74 Å². The molecule has 0 fully saturated rings. The molecule has 0 N–H and O–H groups in total. The van der Waals surface area contributed by atoms with Gasteiger partial charge in [-0.2, -0.15) is 0 Å². The molecule has 0 aromatic heterocycles. The van der Waals surface area contributed by atoms with Crippen molar-refractivity contribution in [3.63, 3.8) is 0 Å². The fourth-order valence-electron chi connectivity index (χ4n) is 1.83. The van der Waals surface area contributed by atoms with E-state index in [-0.39, 0.29) is 0 Å². The Balaban J connectivity index is 2.90. The quantitative estimate of drug-likeness (QED) is 0.696. The van der Waals surface area contributed by atoms with Gasteiger partial charge in [-0.1, -0.05) is 30.3 Å². The normalized spacial score (nSPS) is 10.3. The molecule has 0 aliphatic carbocycles. The average molecular weight is 200 g/mol. The second-order valence-electron chi connectivity index (χ2n) is 3.48. The highest BCUT2D eigenvalue weighted by molar-refractivity contribution is 5.97. The Hall–Kier alpha value is -1.83. The summed E-state index contributed by atoms with van der Waals surface area (Å²) in [6.45, 7) is 1.92. The van der Waals surface area contributed by atoms with E-state index in [0.717, 1.165) is 22.6 Å². The first-order valence-electron chi connectivity index (χ1n) is 4.79. The minimum absolute atomic E-state index is 0.635. The van der Waals surface area contributed by atoms with E-state index in [1.807, 2.05) is 37.3 Å². The number of hydrogen-bond donors (Lipinski definition) is 0. The number of rotatable bonds is 2. The topological polar surface area (TPSA) is 26.3 Å². The highest BCUT2D eigenvalue weighted by Gasteiger charge is 2.10. The van der Waals surface area contributed by atoms with Crippen LogP contribution in [0.25, 0.3) is 10.8 Å². The van der Waals surface area contributed by atoms with Crippen LogP contribution in [-0.4, -0.2) is 13.4 Å². The first-order valence-corrected chi connectivity index (χ1v) is 4.79. The van der Waals surface area contributed by atoms with Crippen molar-refractivity contribution in [2.24, 2.45) is 0 Å². The van der Waals surface area contributed by atoms with Gasteiger partial charge in [-0.3, -0.25) is 4.79 Å². The van der Waals surface area contributed by atoms with Gasteiger partial charge >= 0.3 is 0 Å². The van der Waals surface area contributed by atoms with Crippen molar-refractivity contribution in [3.05, 3.63) is 41.5 Å². The van der Waals surface area contributed by atoms with Crippen LogP contribution < -0.4 is 4.74 Å². The molecule has 0 radical (unpaired) electrons. The van der Waals surface area contributed by atoms with Crippen molar-refractivity contribution in [2.45, 2.75) is 6.92 Å². The van der Waals surface area contributed by atoms with Gasteiger partial charge in [-0.15, -0.1) is 0 Å². The van der Waals surface area contributed by atoms with Crippen LogP contribution >= 0.6 is 0 Å². The zero-order chi connectivity index (χ0) is 10.8. The summed E-state index contributed by atoms with van der Waals surface area (Å²) < 4.78 is 5.30. The number of aldehydes is 1. The summed E-state index contributed by atoms with van der Waals surface area (Å²) in [5.41, 5.74) is 1.58. The SMILES string of the molecule is COc1c(C=O)c(C)cc2ccccc12. The lowest BCUT2D eigenvalue weighted by Gasteiger charge is -2.10. The van der Waals surface area contributed by atoms with E-state index < -0.39 is 0 Å². The molecule has 0 aliphatic heterocycles. The van der Waals surface area contributed by atoms with Crippen LogP contribution in [0.4, 0.5) is 0 Å². The zero-order valence-corrected chi connectivity index (χ0v) is 8.78. The van der Waals surface area contributed by atoms with Gasteiger partial charge in [0, 0.05) is 5.39 Å². The Kier molecular flexibility index (Phi) is 2.42. The monoisotopic (exact) mass is 200 g/mol. The molecular formula is C13H12O2. The lowest BCUT2D eigenvalue weighted by molar-refractivity contribution is 0.112. The maximum absolute atomic E-state index is 11.0. The Morgan fingerprint density at radius 3 is 2.67 bits per heavy atom. The third-order valence-electron chi connectivity index (χ3n) is 2.57. The van der Waals surface area contributed by atoms with Gasteiger partial charge in [0.05, 0.1) is 12.7 Å². The van der Waals surface area contributed by atoms with E-state index >= 15 is 0 Å². The largest absolute Gasteiger partial charge is 0.495 e. The number of ether oxygens (including phenoxy) is 1. The van der Waals surface area contributed by atoms with Crippen LogP contribution in [0.2, 0.25) is 0 Å². The maximum atomic E-state index is 11.0. The first kappa shape index (κ1) is 9.71.